The highest BCUT2D eigenvalue weighted by atomic mass is 16.1. The van der Waals surface area contributed by atoms with Gasteiger partial charge in [0.05, 0.1) is 0 Å². The third-order valence-corrected chi connectivity index (χ3v) is 2.63. The maximum Gasteiger partial charge on any atom is 0.150 e. The van der Waals surface area contributed by atoms with E-state index in [1.807, 2.05) is 42.5 Å². The summed E-state index contributed by atoms with van der Waals surface area (Å²) in [4.78, 5) is 10.5. The monoisotopic (exact) mass is 225 g/mol. The Morgan fingerprint density at radius 3 is 2.29 bits per heavy atom. The molecule has 86 valence electrons. The molecule has 2 rings (SSSR count). The lowest BCUT2D eigenvalue weighted by molar-refractivity contribution is 0.112. The summed E-state index contributed by atoms with van der Waals surface area (Å²) in [6, 6.07) is 17.9. The summed E-state index contributed by atoms with van der Waals surface area (Å²) in [5.74, 6) is 0. The van der Waals surface area contributed by atoms with Crippen molar-refractivity contribution in [3.05, 3.63) is 65.7 Å². The predicted octanol–water partition coefficient (Wildman–Crippen LogP) is 3.15. The number of rotatable bonds is 5. The molecule has 0 aliphatic carbocycles. The third kappa shape index (κ3) is 3.45. The first kappa shape index (κ1) is 11.4. The quantitative estimate of drug-likeness (QED) is 0.792. The van der Waals surface area contributed by atoms with Gasteiger partial charge in [-0.3, -0.25) is 4.79 Å². The molecule has 0 heterocycles. The van der Waals surface area contributed by atoms with Crippen molar-refractivity contribution in [2.24, 2.45) is 0 Å². The summed E-state index contributed by atoms with van der Waals surface area (Å²) in [5, 5.41) is 3.33. The zero-order valence-corrected chi connectivity index (χ0v) is 9.60. The van der Waals surface area contributed by atoms with Gasteiger partial charge in [-0.2, -0.15) is 0 Å². The van der Waals surface area contributed by atoms with Crippen LogP contribution in [0.3, 0.4) is 0 Å². The Kier molecular flexibility index (Phi) is 3.92. The Labute approximate surface area is 101 Å². The molecule has 0 bridgehead atoms. The largest absolute Gasteiger partial charge is 0.385 e. The molecule has 0 saturated carbocycles. The number of hydrogen-bond donors (Lipinski definition) is 1. The van der Waals surface area contributed by atoms with Gasteiger partial charge in [0.2, 0.25) is 0 Å². The van der Waals surface area contributed by atoms with Crippen LogP contribution in [0.1, 0.15) is 15.9 Å². The summed E-state index contributed by atoms with van der Waals surface area (Å²) >= 11 is 0. The second-order valence-electron chi connectivity index (χ2n) is 3.90. The Morgan fingerprint density at radius 1 is 0.941 bits per heavy atom. The van der Waals surface area contributed by atoms with Crippen molar-refractivity contribution in [2.45, 2.75) is 6.42 Å². The van der Waals surface area contributed by atoms with Crippen LogP contribution in [0.2, 0.25) is 0 Å². The van der Waals surface area contributed by atoms with E-state index in [2.05, 4.69) is 17.4 Å². The van der Waals surface area contributed by atoms with Crippen LogP contribution in [0.5, 0.6) is 0 Å². The highest BCUT2D eigenvalue weighted by Gasteiger charge is 1.94. The normalized spacial score (nSPS) is 9.88. The fourth-order valence-electron chi connectivity index (χ4n) is 1.68. The molecule has 0 saturated heterocycles. The van der Waals surface area contributed by atoms with Crippen molar-refractivity contribution in [1.29, 1.82) is 0 Å². The molecule has 17 heavy (non-hydrogen) atoms. The smallest absolute Gasteiger partial charge is 0.150 e. The van der Waals surface area contributed by atoms with Gasteiger partial charge >= 0.3 is 0 Å². The van der Waals surface area contributed by atoms with E-state index in [9.17, 15) is 4.79 Å². The lowest BCUT2D eigenvalue weighted by Gasteiger charge is -2.06. The predicted molar refractivity (Wildman–Crippen MR) is 70.5 cm³/mol. The summed E-state index contributed by atoms with van der Waals surface area (Å²) in [6.07, 6.45) is 1.85. The number of hydrogen-bond acceptors (Lipinski definition) is 2. The lowest BCUT2D eigenvalue weighted by atomic mass is 10.1. The van der Waals surface area contributed by atoms with E-state index in [1.165, 1.54) is 5.56 Å². The van der Waals surface area contributed by atoms with Crippen LogP contribution in [-0.4, -0.2) is 12.8 Å². The zero-order valence-electron chi connectivity index (χ0n) is 9.60. The first-order valence-electron chi connectivity index (χ1n) is 5.71. The maximum atomic E-state index is 10.5. The Hall–Kier alpha value is -2.09. The fraction of sp³-hybridized carbons (Fsp3) is 0.133. The van der Waals surface area contributed by atoms with Crippen molar-refractivity contribution in [3.8, 4) is 0 Å². The molecule has 2 nitrogen and oxygen atoms in total. The van der Waals surface area contributed by atoms with Crippen LogP contribution in [0.25, 0.3) is 0 Å². The molecule has 2 aromatic carbocycles. The zero-order chi connectivity index (χ0) is 11.9. The molecule has 0 unspecified atom stereocenters. The lowest BCUT2D eigenvalue weighted by Crippen LogP contribution is -2.04. The molecule has 1 N–H and O–H groups in total. The molecule has 0 spiro atoms. The summed E-state index contributed by atoms with van der Waals surface area (Å²) < 4.78 is 0. The molecular formula is C15H15NO. The summed E-state index contributed by atoms with van der Waals surface area (Å²) in [5.41, 5.74) is 3.08. The minimum absolute atomic E-state index is 0.707. The average molecular weight is 225 g/mol. The van der Waals surface area contributed by atoms with Gasteiger partial charge in [-0.25, -0.2) is 0 Å². The molecule has 0 radical (unpaired) electrons. The van der Waals surface area contributed by atoms with Crippen LogP contribution < -0.4 is 5.32 Å². The molecule has 0 aliphatic heterocycles. The van der Waals surface area contributed by atoms with Crippen LogP contribution in [0, 0.1) is 0 Å². The van der Waals surface area contributed by atoms with Crippen molar-refractivity contribution < 1.29 is 4.79 Å². The maximum absolute atomic E-state index is 10.5. The van der Waals surface area contributed by atoms with Gasteiger partial charge in [0.25, 0.3) is 0 Å². The van der Waals surface area contributed by atoms with E-state index in [4.69, 9.17) is 0 Å². The van der Waals surface area contributed by atoms with Gasteiger partial charge in [0.15, 0.2) is 0 Å². The van der Waals surface area contributed by atoms with Gasteiger partial charge in [0.1, 0.15) is 6.29 Å². The van der Waals surface area contributed by atoms with Crippen LogP contribution in [-0.2, 0) is 6.42 Å². The van der Waals surface area contributed by atoms with Gasteiger partial charge in [-0.05, 0) is 36.2 Å². The van der Waals surface area contributed by atoms with E-state index in [0.29, 0.717) is 5.56 Å². The molecule has 2 heteroatoms. The second kappa shape index (κ2) is 5.85. The molecule has 0 amide bonds. The standard InChI is InChI=1S/C15H15NO/c17-12-14-6-8-15(9-7-14)16-11-10-13-4-2-1-3-5-13/h1-9,12,16H,10-11H2. The van der Waals surface area contributed by atoms with Gasteiger partial charge < -0.3 is 5.32 Å². The van der Waals surface area contributed by atoms with E-state index < -0.39 is 0 Å². The van der Waals surface area contributed by atoms with E-state index in [0.717, 1.165) is 24.9 Å². The summed E-state index contributed by atoms with van der Waals surface area (Å²) in [6.45, 7) is 0.893. The molecule has 0 aromatic heterocycles. The van der Waals surface area contributed by atoms with Gasteiger partial charge in [0, 0.05) is 17.8 Å². The van der Waals surface area contributed by atoms with Crippen LogP contribution in [0.4, 0.5) is 5.69 Å². The first-order chi connectivity index (χ1) is 8.38. The van der Waals surface area contributed by atoms with Crippen LogP contribution in [0.15, 0.2) is 54.6 Å². The molecule has 2 aromatic rings. The molecule has 0 fully saturated rings. The van der Waals surface area contributed by atoms with Crippen LogP contribution >= 0.6 is 0 Å². The van der Waals surface area contributed by atoms with E-state index in [1.54, 1.807) is 0 Å². The topological polar surface area (TPSA) is 29.1 Å². The Bertz CT molecular complexity index is 462. The SMILES string of the molecule is O=Cc1ccc(NCCc2ccccc2)cc1. The van der Waals surface area contributed by atoms with Crippen molar-refractivity contribution in [1.82, 2.24) is 0 Å². The Balaban J connectivity index is 1.84. The second-order valence-corrected chi connectivity index (χ2v) is 3.90. The number of carbonyl (C=O) groups is 1. The van der Waals surface area contributed by atoms with Crippen molar-refractivity contribution in [3.63, 3.8) is 0 Å². The van der Waals surface area contributed by atoms with E-state index >= 15 is 0 Å². The third-order valence-electron chi connectivity index (χ3n) is 2.63. The Morgan fingerprint density at radius 2 is 1.65 bits per heavy atom. The number of nitrogens with one attached hydrogen (secondary N) is 1. The number of anilines is 1. The first-order valence-corrected chi connectivity index (χ1v) is 5.71. The highest BCUT2D eigenvalue weighted by Crippen LogP contribution is 2.08. The summed E-state index contributed by atoms with van der Waals surface area (Å²) in [7, 11) is 0. The van der Waals surface area contributed by atoms with Crippen molar-refractivity contribution >= 4 is 12.0 Å². The minimum Gasteiger partial charge on any atom is -0.385 e. The van der Waals surface area contributed by atoms with Gasteiger partial charge in [-0.15, -0.1) is 0 Å². The molecule has 0 atom stereocenters. The number of aldehydes is 1. The van der Waals surface area contributed by atoms with E-state index in [-0.39, 0.29) is 0 Å². The number of carbonyl (C=O) groups excluding carboxylic acids is 1. The average Bonchev–Trinajstić information content (AvgIpc) is 2.41. The highest BCUT2D eigenvalue weighted by molar-refractivity contribution is 5.75. The van der Waals surface area contributed by atoms with Crippen molar-refractivity contribution in [2.75, 3.05) is 11.9 Å². The molecule has 0 aliphatic rings. The van der Waals surface area contributed by atoms with Gasteiger partial charge in [-0.1, -0.05) is 30.3 Å². The number of benzene rings is 2. The minimum atomic E-state index is 0.707. The molecular weight excluding hydrogens is 210 g/mol. The fourth-order valence-corrected chi connectivity index (χ4v) is 1.68.